The molecular formula is C14H16N4O2. The Morgan fingerprint density at radius 1 is 1.45 bits per heavy atom. The van der Waals surface area contributed by atoms with Crippen molar-refractivity contribution in [2.75, 3.05) is 0 Å². The molecule has 0 bridgehead atoms. The van der Waals surface area contributed by atoms with E-state index in [0.29, 0.717) is 11.3 Å². The summed E-state index contributed by atoms with van der Waals surface area (Å²) in [6.45, 7) is 0. The highest BCUT2D eigenvalue weighted by Crippen LogP contribution is 2.38. The Hall–Kier alpha value is -2.21. The van der Waals surface area contributed by atoms with Gasteiger partial charge in [0.15, 0.2) is 0 Å². The Morgan fingerprint density at radius 3 is 2.95 bits per heavy atom. The molecule has 0 fully saturated rings. The second kappa shape index (κ2) is 4.72. The van der Waals surface area contributed by atoms with Gasteiger partial charge in [0.2, 0.25) is 0 Å². The third-order valence-corrected chi connectivity index (χ3v) is 3.86. The average molecular weight is 272 g/mol. The number of para-hydroxylation sites is 1. The first-order chi connectivity index (χ1) is 9.59. The molecule has 0 aliphatic heterocycles. The molecule has 104 valence electrons. The lowest BCUT2D eigenvalue weighted by molar-refractivity contribution is -0.384. The van der Waals surface area contributed by atoms with E-state index >= 15 is 0 Å². The molecule has 0 spiro atoms. The first-order valence-corrected chi connectivity index (χ1v) is 6.64. The Kier molecular flexibility index (Phi) is 3.02. The van der Waals surface area contributed by atoms with E-state index in [1.165, 1.54) is 6.07 Å². The summed E-state index contributed by atoms with van der Waals surface area (Å²) in [5.41, 5.74) is 9.54. The van der Waals surface area contributed by atoms with Gasteiger partial charge in [-0.3, -0.25) is 14.8 Å². The van der Waals surface area contributed by atoms with Gasteiger partial charge in [-0.15, -0.1) is 0 Å². The maximum atomic E-state index is 11.2. The van der Waals surface area contributed by atoms with Gasteiger partial charge in [-0.25, -0.2) is 0 Å². The number of nitro groups is 1. The lowest BCUT2D eigenvalue weighted by Crippen LogP contribution is -2.18. The van der Waals surface area contributed by atoms with E-state index in [1.54, 1.807) is 22.9 Å². The van der Waals surface area contributed by atoms with Crippen molar-refractivity contribution in [1.29, 1.82) is 0 Å². The Bertz CT molecular complexity index is 678. The smallest absolute Gasteiger partial charge is 0.278 e. The van der Waals surface area contributed by atoms with Crippen molar-refractivity contribution >= 4 is 5.69 Å². The fraction of sp³-hybridized carbons (Fsp3) is 0.357. The van der Waals surface area contributed by atoms with Gasteiger partial charge in [0.05, 0.1) is 10.5 Å². The van der Waals surface area contributed by atoms with Crippen LogP contribution in [0.4, 0.5) is 5.69 Å². The Labute approximate surface area is 116 Å². The second-order valence-corrected chi connectivity index (χ2v) is 5.11. The van der Waals surface area contributed by atoms with Crippen molar-refractivity contribution in [1.82, 2.24) is 9.78 Å². The lowest BCUT2D eigenvalue weighted by atomic mass is 9.89. The Morgan fingerprint density at radius 2 is 2.20 bits per heavy atom. The van der Waals surface area contributed by atoms with Gasteiger partial charge in [-0.2, -0.15) is 5.10 Å². The fourth-order valence-electron chi connectivity index (χ4n) is 2.93. The maximum absolute atomic E-state index is 11.2. The number of aryl methyl sites for hydroxylation is 1. The van der Waals surface area contributed by atoms with E-state index < -0.39 is 0 Å². The van der Waals surface area contributed by atoms with Crippen molar-refractivity contribution in [2.24, 2.45) is 12.8 Å². The molecule has 1 aromatic carbocycles. The molecule has 2 N–H and O–H groups in total. The van der Waals surface area contributed by atoms with Crippen LogP contribution in [0.15, 0.2) is 24.3 Å². The topological polar surface area (TPSA) is 87.0 Å². The predicted octanol–water partition coefficient (Wildman–Crippen LogP) is 2.33. The van der Waals surface area contributed by atoms with Crippen LogP contribution in [0.5, 0.6) is 0 Å². The van der Waals surface area contributed by atoms with Crippen molar-refractivity contribution in [2.45, 2.75) is 25.3 Å². The molecule has 6 heteroatoms. The van der Waals surface area contributed by atoms with Gasteiger partial charge in [0.25, 0.3) is 5.69 Å². The maximum Gasteiger partial charge on any atom is 0.278 e. The summed E-state index contributed by atoms with van der Waals surface area (Å²) in [6, 6.07) is 6.60. The van der Waals surface area contributed by atoms with Crippen LogP contribution in [-0.4, -0.2) is 14.7 Å². The van der Waals surface area contributed by atoms with Gasteiger partial charge in [0, 0.05) is 30.4 Å². The summed E-state index contributed by atoms with van der Waals surface area (Å²) < 4.78 is 1.81. The molecule has 3 rings (SSSR count). The first kappa shape index (κ1) is 12.8. The highest BCUT2D eigenvalue weighted by molar-refractivity contribution is 5.74. The number of rotatable bonds is 2. The number of nitrogens with zero attached hydrogens (tertiary/aromatic N) is 3. The number of benzene rings is 1. The summed E-state index contributed by atoms with van der Waals surface area (Å²) in [7, 11) is 1.87. The third kappa shape index (κ3) is 1.89. The minimum atomic E-state index is -0.370. The minimum Gasteiger partial charge on any atom is -0.324 e. The molecule has 0 saturated carbocycles. The molecular weight excluding hydrogens is 256 g/mol. The molecule has 1 aliphatic rings. The van der Waals surface area contributed by atoms with Crippen LogP contribution in [0.1, 0.15) is 30.1 Å². The van der Waals surface area contributed by atoms with Crippen LogP contribution in [0.2, 0.25) is 0 Å². The monoisotopic (exact) mass is 272 g/mol. The highest BCUT2D eigenvalue weighted by Gasteiger charge is 2.28. The normalized spacial score (nSPS) is 17.8. The molecule has 1 aliphatic carbocycles. The number of nitrogens with two attached hydrogens (primary N) is 1. The van der Waals surface area contributed by atoms with Crippen molar-refractivity contribution < 1.29 is 4.92 Å². The quantitative estimate of drug-likeness (QED) is 0.671. The predicted molar refractivity (Wildman–Crippen MR) is 75.2 cm³/mol. The standard InChI is InChI=1S/C14H16N4O2/c1-17-12-8-4-6-10(15)13(12)14(16-17)9-5-2-3-7-11(9)18(19)20/h2-3,5,7,10H,4,6,8,15H2,1H3. The molecule has 0 radical (unpaired) electrons. The lowest BCUT2D eigenvalue weighted by Gasteiger charge is -2.19. The zero-order chi connectivity index (χ0) is 14.3. The van der Waals surface area contributed by atoms with Crippen LogP contribution < -0.4 is 5.73 Å². The molecule has 1 unspecified atom stereocenters. The summed E-state index contributed by atoms with van der Waals surface area (Å²) in [6.07, 6.45) is 2.85. The van der Waals surface area contributed by atoms with Gasteiger partial charge < -0.3 is 5.73 Å². The van der Waals surface area contributed by atoms with Crippen LogP contribution in [0.3, 0.4) is 0 Å². The second-order valence-electron chi connectivity index (χ2n) is 5.11. The van der Waals surface area contributed by atoms with Crippen LogP contribution in [0.25, 0.3) is 11.3 Å². The fourth-order valence-corrected chi connectivity index (χ4v) is 2.93. The first-order valence-electron chi connectivity index (χ1n) is 6.64. The average Bonchev–Trinajstić information content (AvgIpc) is 2.78. The summed E-state index contributed by atoms with van der Waals surface area (Å²) in [5, 5.41) is 15.7. The molecule has 0 saturated heterocycles. The molecule has 20 heavy (non-hydrogen) atoms. The van der Waals surface area contributed by atoms with Gasteiger partial charge in [0.1, 0.15) is 5.69 Å². The van der Waals surface area contributed by atoms with Crippen molar-refractivity contribution in [3.63, 3.8) is 0 Å². The van der Waals surface area contributed by atoms with E-state index in [9.17, 15) is 10.1 Å². The number of fused-ring (bicyclic) bond motifs is 1. The number of hydrogen-bond donors (Lipinski definition) is 1. The van der Waals surface area contributed by atoms with Crippen LogP contribution in [0, 0.1) is 10.1 Å². The van der Waals surface area contributed by atoms with Gasteiger partial charge in [-0.05, 0) is 25.3 Å². The van der Waals surface area contributed by atoms with E-state index in [2.05, 4.69) is 5.10 Å². The largest absolute Gasteiger partial charge is 0.324 e. The summed E-state index contributed by atoms with van der Waals surface area (Å²) in [4.78, 5) is 10.8. The molecule has 1 atom stereocenters. The molecule has 2 aromatic rings. The Balaban J connectivity index is 2.24. The van der Waals surface area contributed by atoms with Crippen LogP contribution in [-0.2, 0) is 13.5 Å². The van der Waals surface area contributed by atoms with E-state index in [0.717, 1.165) is 30.5 Å². The zero-order valence-corrected chi connectivity index (χ0v) is 11.2. The minimum absolute atomic E-state index is 0.0752. The third-order valence-electron chi connectivity index (χ3n) is 3.86. The molecule has 6 nitrogen and oxygen atoms in total. The number of hydrogen-bond acceptors (Lipinski definition) is 4. The van der Waals surface area contributed by atoms with Crippen molar-refractivity contribution in [3.05, 3.63) is 45.6 Å². The highest BCUT2D eigenvalue weighted by atomic mass is 16.6. The molecule has 1 aromatic heterocycles. The van der Waals surface area contributed by atoms with E-state index in [1.807, 2.05) is 7.05 Å². The molecule has 0 amide bonds. The summed E-state index contributed by atoms with van der Waals surface area (Å²) in [5.74, 6) is 0. The zero-order valence-electron chi connectivity index (χ0n) is 11.2. The van der Waals surface area contributed by atoms with Crippen molar-refractivity contribution in [3.8, 4) is 11.3 Å². The van der Waals surface area contributed by atoms with E-state index in [-0.39, 0.29) is 16.7 Å². The van der Waals surface area contributed by atoms with Gasteiger partial charge >= 0.3 is 0 Å². The van der Waals surface area contributed by atoms with Gasteiger partial charge in [-0.1, -0.05) is 12.1 Å². The van der Waals surface area contributed by atoms with Crippen LogP contribution >= 0.6 is 0 Å². The van der Waals surface area contributed by atoms with E-state index in [4.69, 9.17) is 5.73 Å². The number of aromatic nitrogens is 2. The summed E-state index contributed by atoms with van der Waals surface area (Å²) >= 11 is 0. The molecule has 1 heterocycles. The number of nitro benzene ring substituents is 1. The SMILES string of the molecule is Cn1nc(-c2ccccc2[N+](=O)[O-])c2c1CCCC2N.